The number of aromatic nitrogens is 3. The van der Waals surface area contributed by atoms with Gasteiger partial charge in [0.05, 0.1) is 11.7 Å². The van der Waals surface area contributed by atoms with Crippen molar-refractivity contribution in [2.24, 2.45) is 0 Å². The molecular formula is C31H28ClN7O3. The van der Waals surface area contributed by atoms with Crippen molar-refractivity contribution >= 4 is 57.4 Å². The third-order valence-electron chi connectivity index (χ3n) is 7.77. The second-order valence-electron chi connectivity index (χ2n) is 10.5. The maximum Gasteiger partial charge on any atom is 0.420 e. The zero-order valence-electron chi connectivity index (χ0n) is 22.7. The van der Waals surface area contributed by atoms with E-state index in [0.717, 1.165) is 35.6 Å². The van der Waals surface area contributed by atoms with E-state index >= 15 is 0 Å². The Bertz CT molecular complexity index is 1850. The molecule has 2 aliphatic heterocycles. The summed E-state index contributed by atoms with van der Waals surface area (Å²) < 4.78 is 7.20. The number of piperazine rings is 1. The SMILES string of the molecule is O=C(Cn1c(=O)oc2c3cc(cc21)Nc1nc(ncc1Cl)Nc1cccc(c1)CC3)N1CCN(c2ccccc2)CC1. The summed E-state index contributed by atoms with van der Waals surface area (Å²) in [6.07, 6.45) is 2.87. The number of amides is 1. The molecule has 1 amide bonds. The minimum atomic E-state index is -0.561. The van der Waals surface area contributed by atoms with Crippen LogP contribution in [-0.2, 0) is 24.2 Å². The number of nitrogens with one attached hydrogen (secondary N) is 2. The summed E-state index contributed by atoms with van der Waals surface area (Å²) in [7, 11) is 0. The van der Waals surface area contributed by atoms with E-state index in [1.807, 2.05) is 47.4 Å². The predicted molar refractivity (Wildman–Crippen MR) is 163 cm³/mol. The first-order valence-electron chi connectivity index (χ1n) is 13.9. The van der Waals surface area contributed by atoms with E-state index in [0.29, 0.717) is 59.5 Å². The van der Waals surface area contributed by atoms with Crippen molar-refractivity contribution in [2.75, 3.05) is 41.7 Å². The number of oxazole rings is 1. The number of hydrogen-bond donors (Lipinski definition) is 2. The first-order chi connectivity index (χ1) is 20.5. The van der Waals surface area contributed by atoms with Gasteiger partial charge in [-0.2, -0.15) is 4.98 Å². The van der Waals surface area contributed by atoms with Gasteiger partial charge in [-0.3, -0.25) is 9.36 Å². The molecule has 0 aliphatic carbocycles. The summed E-state index contributed by atoms with van der Waals surface area (Å²) in [4.78, 5) is 39.5. The Morgan fingerprint density at radius 2 is 1.76 bits per heavy atom. The lowest BCUT2D eigenvalue weighted by molar-refractivity contribution is -0.132. The largest absolute Gasteiger partial charge is 0.420 e. The molecule has 2 aliphatic rings. The van der Waals surface area contributed by atoms with Crippen LogP contribution in [-0.4, -0.2) is 51.5 Å². The molecule has 5 aromatic rings. The highest BCUT2D eigenvalue weighted by Gasteiger charge is 2.24. The fourth-order valence-corrected chi connectivity index (χ4v) is 5.73. The zero-order valence-corrected chi connectivity index (χ0v) is 23.5. The van der Waals surface area contributed by atoms with Gasteiger partial charge in [0.25, 0.3) is 0 Å². The van der Waals surface area contributed by atoms with E-state index in [4.69, 9.17) is 16.0 Å². The fraction of sp³-hybridized carbons (Fsp3) is 0.226. The number of hydrogen-bond acceptors (Lipinski definition) is 8. The number of anilines is 5. The molecule has 212 valence electrons. The van der Waals surface area contributed by atoms with Crippen LogP contribution in [0.5, 0.6) is 0 Å². The lowest BCUT2D eigenvalue weighted by Crippen LogP contribution is -2.50. The van der Waals surface area contributed by atoms with E-state index in [2.05, 4.69) is 43.7 Å². The molecule has 0 atom stereocenters. The Kier molecular flexibility index (Phi) is 6.75. The minimum Gasteiger partial charge on any atom is -0.407 e. The quantitative estimate of drug-likeness (QED) is 0.307. The van der Waals surface area contributed by atoms with Gasteiger partial charge < -0.3 is 24.9 Å². The van der Waals surface area contributed by atoms with Crippen LogP contribution >= 0.6 is 11.6 Å². The van der Waals surface area contributed by atoms with Gasteiger partial charge in [-0.1, -0.05) is 41.9 Å². The van der Waals surface area contributed by atoms with Crippen molar-refractivity contribution in [1.82, 2.24) is 19.4 Å². The van der Waals surface area contributed by atoms with E-state index in [9.17, 15) is 9.59 Å². The van der Waals surface area contributed by atoms with E-state index in [1.165, 1.54) is 10.8 Å². The maximum absolute atomic E-state index is 13.4. The standard InChI is InChI=1S/C31H28ClN7O3/c32-25-18-33-30-35-22-6-4-5-20(15-22)9-10-21-16-23(34-29(25)36-30)17-26-28(21)42-31(41)39(26)19-27(40)38-13-11-37(12-14-38)24-7-2-1-3-8-24/h1-8,15-18H,9-14,19H2,(H2,33,34,35,36). The van der Waals surface area contributed by atoms with Crippen LogP contribution in [0.2, 0.25) is 5.02 Å². The molecular weight excluding hydrogens is 554 g/mol. The van der Waals surface area contributed by atoms with Gasteiger partial charge in [-0.15, -0.1) is 0 Å². The third kappa shape index (κ3) is 5.16. The number of nitrogens with zero attached hydrogens (tertiary/aromatic N) is 5. The molecule has 3 aromatic carbocycles. The Morgan fingerprint density at radius 3 is 2.60 bits per heavy atom. The molecule has 10 nitrogen and oxygen atoms in total. The van der Waals surface area contributed by atoms with Crippen LogP contribution in [0.1, 0.15) is 11.1 Å². The summed E-state index contributed by atoms with van der Waals surface area (Å²) >= 11 is 6.45. The van der Waals surface area contributed by atoms with Gasteiger partial charge in [0.15, 0.2) is 11.4 Å². The molecule has 42 heavy (non-hydrogen) atoms. The second kappa shape index (κ2) is 10.9. The average molecular weight is 582 g/mol. The lowest BCUT2D eigenvalue weighted by atomic mass is 10.0. The predicted octanol–water partition coefficient (Wildman–Crippen LogP) is 4.97. The number of rotatable bonds is 3. The number of carbonyl (C=O) groups excluding carboxylic acids is 1. The number of aryl methyl sites for hydroxylation is 2. The van der Waals surface area contributed by atoms with Crippen molar-refractivity contribution in [3.8, 4) is 0 Å². The molecule has 0 radical (unpaired) electrons. The van der Waals surface area contributed by atoms with Crippen LogP contribution in [0.3, 0.4) is 0 Å². The van der Waals surface area contributed by atoms with E-state index < -0.39 is 5.76 Å². The van der Waals surface area contributed by atoms with Crippen molar-refractivity contribution in [3.05, 3.63) is 99.6 Å². The minimum absolute atomic E-state index is 0.107. The number of para-hydroxylation sites is 1. The molecule has 2 aromatic heterocycles. The summed E-state index contributed by atoms with van der Waals surface area (Å²) in [5.74, 6) is 0.136. The smallest absolute Gasteiger partial charge is 0.407 e. The fourth-order valence-electron chi connectivity index (χ4n) is 5.59. The highest BCUT2D eigenvalue weighted by molar-refractivity contribution is 6.32. The Morgan fingerprint density at radius 1 is 0.929 bits per heavy atom. The average Bonchev–Trinajstić information content (AvgIpc) is 3.32. The van der Waals surface area contributed by atoms with Crippen LogP contribution in [0, 0.1) is 0 Å². The van der Waals surface area contributed by atoms with Crippen LogP contribution in [0.4, 0.5) is 28.8 Å². The maximum atomic E-state index is 13.4. The topological polar surface area (TPSA) is 109 Å². The summed E-state index contributed by atoms with van der Waals surface area (Å²) in [5, 5.41) is 6.87. The molecule has 2 N–H and O–H groups in total. The van der Waals surface area contributed by atoms with Gasteiger partial charge >= 0.3 is 5.76 Å². The third-order valence-corrected chi connectivity index (χ3v) is 8.04. The first kappa shape index (κ1) is 26.1. The Hall–Kier alpha value is -4.83. The molecule has 1 fully saturated rings. The monoisotopic (exact) mass is 581 g/mol. The summed E-state index contributed by atoms with van der Waals surface area (Å²) in [6.45, 7) is 2.51. The van der Waals surface area contributed by atoms with Gasteiger partial charge in [0.1, 0.15) is 11.6 Å². The molecule has 6 bridgehead atoms. The molecule has 0 spiro atoms. The zero-order chi connectivity index (χ0) is 28.6. The van der Waals surface area contributed by atoms with Gasteiger partial charge in [-0.25, -0.2) is 9.78 Å². The summed E-state index contributed by atoms with van der Waals surface area (Å²) in [5.41, 5.74) is 5.65. The van der Waals surface area contributed by atoms with Crippen LogP contribution < -0.4 is 21.3 Å². The van der Waals surface area contributed by atoms with Crippen molar-refractivity contribution < 1.29 is 9.21 Å². The normalized spacial score (nSPS) is 14.8. The number of halogens is 1. The summed E-state index contributed by atoms with van der Waals surface area (Å²) in [6, 6.07) is 21.9. The number of carbonyl (C=O) groups is 1. The van der Waals surface area contributed by atoms with Gasteiger partial charge in [0.2, 0.25) is 11.9 Å². The van der Waals surface area contributed by atoms with Crippen molar-refractivity contribution in [3.63, 3.8) is 0 Å². The molecule has 0 saturated carbocycles. The van der Waals surface area contributed by atoms with E-state index in [1.54, 1.807) is 6.07 Å². The van der Waals surface area contributed by atoms with Crippen molar-refractivity contribution in [2.45, 2.75) is 19.4 Å². The highest BCUT2D eigenvalue weighted by Crippen LogP contribution is 2.31. The van der Waals surface area contributed by atoms with E-state index in [-0.39, 0.29) is 12.5 Å². The lowest BCUT2D eigenvalue weighted by Gasteiger charge is -2.36. The molecule has 0 unspecified atom stereocenters. The second-order valence-corrected chi connectivity index (χ2v) is 10.9. The number of fused-ring (bicyclic) bond motifs is 8. The molecule has 4 heterocycles. The first-order valence-corrected chi connectivity index (χ1v) is 14.3. The highest BCUT2D eigenvalue weighted by atomic mass is 35.5. The molecule has 11 heteroatoms. The Balaban J connectivity index is 1.20. The van der Waals surface area contributed by atoms with Crippen molar-refractivity contribution in [1.29, 1.82) is 0 Å². The molecule has 1 saturated heterocycles. The molecule has 7 rings (SSSR count). The van der Waals surface area contributed by atoms with Gasteiger partial charge in [0, 0.05) is 43.2 Å². The van der Waals surface area contributed by atoms with Crippen LogP contribution in [0.15, 0.2) is 82.1 Å². The van der Waals surface area contributed by atoms with Crippen LogP contribution in [0.25, 0.3) is 11.1 Å². The Labute approximate surface area is 246 Å². The number of benzene rings is 3. The van der Waals surface area contributed by atoms with Gasteiger partial charge in [-0.05, 0) is 60.4 Å².